The fraction of sp³-hybridized carbons (Fsp3) is 0.312. The van der Waals surface area contributed by atoms with Gasteiger partial charge in [-0.25, -0.2) is 0 Å². The monoisotopic (exact) mass is 571 g/mol. The van der Waals surface area contributed by atoms with Crippen LogP contribution in [0.15, 0.2) is 77.4 Å². The highest BCUT2D eigenvalue weighted by Gasteiger charge is 2.55. The summed E-state index contributed by atoms with van der Waals surface area (Å²) in [6.07, 6.45) is 1.76. The highest BCUT2D eigenvalue weighted by molar-refractivity contribution is 6.58. The number of fused-ring (bicyclic) bond motifs is 2. The third-order valence-electron chi connectivity index (χ3n) is 8.51. The Morgan fingerprint density at radius 1 is 1.02 bits per heavy atom. The maximum Gasteiger partial charge on any atom is 0.488 e. The van der Waals surface area contributed by atoms with E-state index in [1.165, 1.54) is 24.3 Å². The number of carbonyl (C=O) groups excluding carboxylic acids is 2. The molecule has 0 saturated carbocycles. The minimum absolute atomic E-state index is 0.0712. The van der Waals surface area contributed by atoms with Crippen molar-refractivity contribution in [3.8, 4) is 5.75 Å². The molecule has 1 fully saturated rings. The summed E-state index contributed by atoms with van der Waals surface area (Å²) in [7, 11) is -1.78. The highest BCUT2D eigenvalue weighted by Crippen LogP contribution is 2.47. The molecule has 5 rings (SSSR count). The molecule has 10 heteroatoms. The van der Waals surface area contributed by atoms with Gasteiger partial charge in [-0.15, -0.1) is 0 Å². The number of phenolic OH excluding ortho intramolecular Hbond substituents is 1. The van der Waals surface area contributed by atoms with E-state index in [0.717, 1.165) is 26.8 Å². The molecule has 0 bridgehead atoms. The Hall–Kier alpha value is -3.80. The second kappa shape index (κ2) is 12.2. The van der Waals surface area contributed by atoms with E-state index in [1.54, 1.807) is 6.07 Å². The van der Waals surface area contributed by atoms with Crippen molar-refractivity contribution in [3.63, 3.8) is 0 Å². The number of rotatable bonds is 9. The summed E-state index contributed by atoms with van der Waals surface area (Å²) in [6, 6.07) is 16.9. The molecule has 0 spiro atoms. The molecule has 1 aliphatic heterocycles. The third-order valence-corrected chi connectivity index (χ3v) is 8.51. The summed E-state index contributed by atoms with van der Waals surface area (Å²) in [6.45, 7) is 1.02. The molecule has 2 amide bonds. The van der Waals surface area contributed by atoms with Crippen molar-refractivity contribution in [1.82, 2.24) is 0 Å². The van der Waals surface area contributed by atoms with Crippen LogP contribution in [0.3, 0.4) is 0 Å². The standard InChI is InChI=1S/C32H34BNO8/c1-18(13-19-10-12-27(37)24-8-3-2-7-23(19)24)9-11-28(38)29-20(16-35)14-25-30(26(29)17-36)32(40)34(31(25)39)22-6-4-5-21(15-22)33(41)42/h2-8,10,12-13,15,25-26,28,30,35-38,41-42H,9,11,14,16-17H2,1H3/b18-13+/t25-,26+,28-,30-/m1/s1. The lowest BCUT2D eigenvalue weighted by Gasteiger charge is -2.36. The number of anilines is 1. The molecule has 1 saturated heterocycles. The molecule has 3 aromatic carbocycles. The van der Waals surface area contributed by atoms with Gasteiger partial charge in [0.15, 0.2) is 0 Å². The Labute approximate surface area is 243 Å². The van der Waals surface area contributed by atoms with E-state index < -0.39 is 56.0 Å². The van der Waals surface area contributed by atoms with E-state index in [4.69, 9.17) is 0 Å². The summed E-state index contributed by atoms with van der Waals surface area (Å²) < 4.78 is 0. The van der Waals surface area contributed by atoms with Crippen LogP contribution >= 0.6 is 0 Å². The third kappa shape index (κ3) is 5.39. The Balaban J connectivity index is 1.38. The molecular weight excluding hydrogens is 537 g/mol. The number of carbonyl (C=O) groups is 2. The molecule has 0 radical (unpaired) electrons. The van der Waals surface area contributed by atoms with Gasteiger partial charge in [0, 0.05) is 11.3 Å². The zero-order valence-electron chi connectivity index (χ0n) is 23.2. The van der Waals surface area contributed by atoms with Crippen LogP contribution in [0, 0.1) is 17.8 Å². The van der Waals surface area contributed by atoms with Crippen LogP contribution in [0.2, 0.25) is 0 Å². The Kier molecular flexibility index (Phi) is 8.63. The number of imide groups is 1. The Morgan fingerprint density at radius 3 is 2.45 bits per heavy atom. The molecule has 1 heterocycles. The zero-order valence-corrected chi connectivity index (χ0v) is 23.2. The molecule has 0 unspecified atom stereocenters. The fourth-order valence-corrected chi connectivity index (χ4v) is 6.47. The SMILES string of the molecule is C/C(=C\c1ccc(O)c2ccccc12)CC[C@@H](O)C1=C(CO)C[C@H]2C(=O)N(c3cccc(B(O)O)c3)C(=O)[C@H]2[C@H]1CO. The second-order valence-corrected chi connectivity index (χ2v) is 11.1. The van der Waals surface area contributed by atoms with Crippen LogP contribution in [0.1, 0.15) is 31.7 Å². The van der Waals surface area contributed by atoms with Crippen LogP contribution < -0.4 is 10.4 Å². The van der Waals surface area contributed by atoms with Gasteiger partial charge in [0.2, 0.25) is 11.8 Å². The number of phenols is 1. The van der Waals surface area contributed by atoms with E-state index in [0.29, 0.717) is 17.6 Å². The number of aliphatic hydroxyl groups excluding tert-OH is 3. The molecule has 4 atom stereocenters. The lowest BCUT2D eigenvalue weighted by atomic mass is 9.68. The fourth-order valence-electron chi connectivity index (χ4n) is 6.47. The molecular formula is C32H34BNO8. The van der Waals surface area contributed by atoms with Gasteiger partial charge in [0.25, 0.3) is 0 Å². The van der Waals surface area contributed by atoms with Crippen LogP contribution in [-0.2, 0) is 9.59 Å². The van der Waals surface area contributed by atoms with Gasteiger partial charge in [-0.1, -0.05) is 54.1 Å². The summed E-state index contributed by atoms with van der Waals surface area (Å²) in [5, 5.41) is 63.0. The number of benzene rings is 3. The van der Waals surface area contributed by atoms with E-state index >= 15 is 0 Å². The Bertz CT molecular complexity index is 1580. The molecule has 42 heavy (non-hydrogen) atoms. The predicted octanol–water partition coefficient (Wildman–Crippen LogP) is 1.88. The summed E-state index contributed by atoms with van der Waals surface area (Å²) in [5.74, 6) is -3.44. The number of hydrogen-bond donors (Lipinski definition) is 6. The van der Waals surface area contributed by atoms with Gasteiger partial charge in [-0.3, -0.25) is 14.5 Å². The van der Waals surface area contributed by atoms with E-state index in [9.17, 15) is 40.1 Å². The topological polar surface area (TPSA) is 159 Å². The quantitative estimate of drug-likeness (QED) is 0.129. The highest BCUT2D eigenvalue weighted by atomic mass is 16.4. The Morgan fingerprint density at radius 2 is 1.76 bits per heavy atom. The minimum atomic E-state index is -1.78. The number of allylic oxidation sites excluding steroid dienone is 1. The van der Waals surface area contributed by atoms with Crippen LogP contribution in [0.4, 0.5) is 5.69 Å². The number of aromatic hydroxyl groups is 1. The molecule has 6 N–H and O–H groups in total. The van der Waals surface area contributed by atoms with Crippen molar-refractivity contribution in [3.05, 3.63) is 82.9 Å². The summed E-state index contributed by atoms with van der Waals surface area (Å²) in [5.41, 5.74) is 3.04. The van der Waals surface area contributed by atoms with E-state index in [-0.39, 0.29) is 29.7 Å². The van der Waals surface area contributed by atoms with Crippen molar-refractivity contribution in [1.29, 1.82) is 0 Å². The van der Waals surface area contributed by atoms with Crippen molar-refractivity contribution < 1.29 is 40.1 Å². The molecule has 1 aliphatic carbocycles. The van der Waals surface area contributed by atoms with E-state index in [1.807, 2.05) is 43.3 Å². The number of nitrogens with zero attached hydrogens (tertiary/aromatic N) is 1. The molecule has 0 aromatic heterocycles. The minimum Gasteiger partial charge on any atom is -0.507 e. The van der Waals surface area contributed by atoms with Crippen molar-refractivity contribution in [2.24, 2.45) is 17.8 Å². The van der Waals surface area contributed by atoms with Crippen molar-refractivity contribution in [2.75, 3.05) is 18.1 Å². The molecule has 3 aromatic rings. The van der Waals surface area contributed by atoms with Gasteiger partial charge < -0.3 is 30.5 Å². The first-order valence-corrected chi connectivity index (χ1v) is 14.0. The zero-order chi connectivity index (χ0) is 30.1. The first kappa shape index (κ1) is 29.7. The van der Waals surface area contributed by atoms with Gasteiger partial charge >= 0.3 is 7.12 Å². The largest absolute Gasteiger partial charge is 0.507 e. The van der Waals surface area contributed by atoms with Crippen LogP contribution in [0.25, 0.3) is 16.8 Å². The average molecular weight is 571 g/mol. The molecule has 2 aliphatic rings. The smallest absolute Gasteiger partial charge is 0.488 e. The number of hydrogen-bond acceptors (Lipinski definition) is 8. The average Bonchev–Trinajstić information content (AvgIpc) is 3.25. The second-order valence-electron chi connectivity index (χ2n) is 11.1. The summed E-state index contributed by atoms with van der Waals surface area (Å²) >= 11 is 0. The van der Waals surface area contributed by atoms with Crippen LogP contribution in [-0.4, -0.2) is 68.7 Å². The normalized spacial score (nSPS) is 21.7. The predicted molar refractivity (Wildman–Crippen MR) is 160 cm³/mol. The van der Waals surface area contributed by atoms with Gasteiger partial charge in [-0.2, -0.15) is 0 Å². The van der Waals surface area contributed by atoms with Gasteiger partial charge in [0.05, 0.1) is 36.8 Å². The molecule has 218 valence electrons. The number of amides is 2. The summed E-state index contributed by atoms with van der Waals surface area (Å²) in [4.78, 5) is 28.1. The lowest BCUT2D eigenvalue weighted by molar-refractivity contribution is -0.123. The van der Waals surface area contributed by atoms with Gasteiger partial charge in [0.1, 0.15) is 5.75 Å². The van der Waals surface area contributed by atoms with Crippen molar-refractivity contribution in [2.45, 2.75) is 32.3 Å². The maximum atomic E-state index is 13.6. The van der Waals surface area contributed by atoms with Gasteiger partial charge in [-0.05, 0) is 71.9 Å². The molecule has 9 nitrogen and oxygen atoms in total. The first-order valence-electron chi connectivity index (χ1n) is 14.0. The maximum absolute atomic E-state index is 13.6. The van der Waals surface area contributed by atoms with Crippen LogP contribution in [0.5, 0.6) is 5.75 Å². The lowest BCUT2D eigenvalue weighted by Crippen LogP contribution is -2.39. The van der Waals surface area contributed by atoms with Crippen molar-refractivity contribution >= 4 is 46.9 Å². The first-order chi connectivity index (χ1) is 20.2. The number of aliphatic hydroxyl groups is 3. The van der Waals surface area contributed by atoms with E-state index in [2.05, 4.69) is 0 Å².